The summed E-state index contributed by atoms with van der Waals surface area (Å²) < 4.78 is 0. The molecule has 9 rings (SSSR count). The highest BCUT2D eigenvalue weighted by Gasteiger charge is 2.28. The lowest BCUT2D eigenvalue weighted by Crippen LogP contribution is -2.06. The molecule has 0 radical (unpaired) electrons. The van der Waals surface area contributed by atoms with Gasteiger partial charge >= 0.3 is 0 Å². The molecule has 16 nitrogen and oxygen atoms in total. The topological polar surface area (TPSA) is 236 Å². The summed E-state index contributed by atoms with van der Waals surface area (Å²) in [7, 11) is 0. The van der Waals surface area contributed by atoms with E-state index in [1.807, 2.05) is 24.3 Å². The highest BCUT2D eigenvalue weighted by Crippen LogP contribution is 2.44. The number of hydrogen-bond donors (Lipinski definition) is 4. The summed E-state index contributed by atoms with van der Waals surface area (Å²) in [6, 6.07) is 25.9. The number of benzene rings is 5. The Hall–Kier alpha value is -8.14. The summed E-state index contributed by atoms with van der Waals surface area (Å²) in [5, 5.41) is 49.8. The minimum atomic E-state index is -0.569. The van der Waals surface area contributed by atoms with Crippen LogP contribution < -0.4 is 0 Å². The van der Waals surface area contributed by atoms with Crippen LogP contribution in [0.5, 0.6) is 0 Å². The van der Waals surface area contributed by atoms with E-state index in [0.717, 1.165) is 11.1 Å². The summed E-state index contributed by atoms with van der Waals surface area (Å²) in [6.45, 7) is 0. The maximum absolute atomic E-state index is 11.8. The van der Waals surface area contributed by atoms with Crippen LogP contribution in [0.15, 0.2) is 122 Å². The fraction of sp³-hybridized carbons (Fsp3) is 0.0500. The Morgan fingerprint density at radius 1 is 0.357 bits per heavy atom. The molecule has 0 aliphatic heterocycles. The van der Waals surface area contributed by atoms with Crippen LogP contribution in [0, 0.1) is 40.5 Å². The monoisotopic (exact) mass is 746 g/mol. The Kier molecular flexibility index (Phi) is 7.68. The maximum Gasteiger partial charge on any atom is 0.270 e. The molecule has 4 aromatic heterocycles. The number of hydrogen-bond acceptors (Lipinski definition) is 8. The van der Waals surface area contributed by atoms with Crippen molar-refractivity contribution in [3.05, 3.63) is 196 Å². The molecule has 0 bridgehead atoms. The fourth-order valence-corrected chi connectivity index (χ4v) is 7.86. The lowest BCUT2D eigenvalue weighted by atomic mass is 9.81. The van der Waals surface area contributed by atoms with E-state index < -0.39 is 31.5 Å². The lowest BCUT2D eigenvalue weighted by Gasteiger charge is -2.21. The molecule has 0 spiro atoms. The smallest absolute Gasteiger partial charge is 0.270 e. The van der Waals surface area contributed by atoms with E-state index in [-0.39, 0.29) is 22.7 Å². The number of nitrogens with zero attached hydrogens (tertiary/aromatic N) is 4. The first-order chi connectivity index (χ1) is 27.0. The third kappa shape index (κ3) is 5.47. The summed E-state index contributed by atoms with van der Waals surface area (Å²) >= 11 is 0. The first kappa shape index (κ1) is 33.7. The Balaban J connectivity index is 1.25. The minimum Gasteiger partial charge on any atom is -0.361 e. The normalized spacial score (nSPS) is 11.8. The van der Waals surface area contributed by atoms with Gasteiger partial charge in [-0.25, -0.2) is 0 Å². The largest absolute Gasteiger partial charge is 0.361 e. The molecule has 56 heavy (non-hydrogen) atoms. The van der Waals surface area contributed by atoms with E-state index in [0.29, 0.717) is 65.9 Å². The molecule has 16 heteroatoms. The number of fused-ring (bicyclic) bond motifs is 4. The number of nitro benzene ring substituents is 4. The number of rotatable bonds is 10. The van der Waals surface area contributed by atoms with Crippen LogP contribution in [0.25, 0.3) is 43.6 Å². The van der Waals surface area contributed by atoms with Gasteiger partial charge in [-0.3, -0.25) is 40.5 Å². The first-order valence-corrected chi connectivity index (χ1v) is 17.2. The van der Waals surface area contributed by atoms with E-state index in [4.69, 9.17) is 0 Å². The van der Waals surface area contributed by atoms with Crippen molar-refractivity contribution in [2.24, 2.45) is 0 Å². The molecule has 0 amide bonds. The van der Waals surface area contributed by atoms with E-state index in [9.17, 15) is 40.5 Å². The summed E-state index contributed by atoms with van der Waals surface area (Å²) in [5.41, 5.74) is 6.62. The number of aromatic nitrogens is 4. The molecule has 0 aliphatic carbocycles. The molecular formula is C40H26N8O8. The number of aromatic amines is 4. The van der Waals surface area contributed by atoms with Gasteiger partial charge in [-0.05, 0) is 57.6 Å². The van der Waals surface area contributed by atoms with Crippen molar-refractivity contribution in [1.29, 1.82) is 0 Å². The zero-order chi connectivity index (χ0) is 38.8. The second kappa shape index (κ2) is 12.8. The van der Waals surface area contributed by atoms with Crippen molar-refractivity contribution in [1.82, 2.24) is 19.9 Å². The van der Waals surface area contributed by atoms with Gasteiger partial charge in [0.05, 0.1) is 19.7 Å². The first-order valence-electron chi connectivity index (χ1n) is 17.2. The van der Waals surface area contributed by atoms with Gasteiger partial charge in [0.2, 0.25) is 0 Å². The Morgan fingerprint density at radius 2 is 0.589 bits per heavy atom. The van der Waals surface area contributed by atoms with E-state index in [2.05, 4.69) is 19.9 Å². The van der Waals surface area contributed by atoms with E-state index in [1.165, 1.54) is 48.5 Å². The summed E-state index contributed by atoms with van der Waals surface area (Å²) in [5.74, 6) is -1.14. The molecule has 0 unspecified atom stereocenters. The predicted molar refractivity (Wildman–Crippen MR) is 208 cm³/mol. The van der Waals surface area contributed by atoms with Gasteiger partial charge in [0.15, 0.2) is 0 Å². The average Bonchev–Trinajstić information content (AvgIpc) is 4.01. The van der Waals surface area contributed by atoms with Crippen LogP contribution in [0.2, 0.25) is 0 Å². The van der Waals surface area contributed by atoms with Crippen LogP contribution in [-0.4, -0.2) is 39.6 Å². The average molecular weight is 747 g/mol. The van der Waals surface area contributed by atoms with Crippen molar-refractivity contribution in [2.45, 2.75) is 11.8 Å². The van der Waals surface area contributed by atoms with Gasteiger partial charge in [0, 0.05) is 129 Å². The molecule has 0 saturated heterocycles. The summed E-state index contributed by atoms with van der Waals surface area (Å²) in [6.07, 6.45) is 7.13. The third-order valence-electron chi connectivity index (χ3n) is 10.5. The van der Waals surface area contributed by atoms with Crippen LogP contribution in [0.4, 0.5) is 22.7 Å². The standard InChI is InChI=1S/C40H26N8O8/c49-45(50)23-5-9-35-27(13-23)31(17-41-35)39(32-18-42-36-10-6-24(46(51)52)14-28(32)36)21-1-2-22(4-3-21)40(33-19-43-37-11-7-25(47(53)54)15-29(33)37)34-20-44-38-12-8-26(48(55)56)16-30(34)38/h1-20,39-44H. The quantitative estimate of drug-likeness (QED) is 0.0774. The highest BCUT2D eigenvalue weighted by molar-refractivity contribution is 5.93. The molecule has 5 aromatic carbocycles. The van der Waals surface area contributed by atoms with Gasteiger partial charge in [-0.15, -0.1) is 0 Å². The molecule has 274 valence electrons. The molecule has 4 N–H and O–H groups in total. The van der Waals surface area contributed by atoms with Gasteiger partial charge in [-0.2, -0.15) is 0 Å². The number of non-ortho nitro benzene ring substituents is 4. The molecule has 9 aromatic rings. The zero-order valence-corrected chi connectivity index (χ0v) is 28.8. The molecule has 0 atom stereocenters. The Bertz CT molecular complexity index is 2690. The Labute approximate surface area is 313 Å². The van der Waals surface area contributed by atoms with E-state index in [1.54, 1.807) is 49.1 Å². The van der Waals surface area contributed by atoms with Crippen molar-refractivity contribution < 1.29 is 19.7 Å². The fourth-order valence-electron chi connectivity index (χ4n) is 7.86. The van der Waals surface area contributed by atoms with Gasteiger partial charge < -0.3 is 19.9 Å². The van der Waals surface area contributed by atoms with Crippen molar-refractivity contribution >= 4 is 66.4 Å². The van der Waals surface area contributed by atoms with Crippen LogP contribution in [0.1, 0.15) is 45.2 Å². The Morgan fingerprint density at radius 3 is 0.804 bits per heavy atom. The lowest BCUT2D eigenvalue weighted by molar-refractivity contribution is -0.384. The summed E-state index contributed by atoms with van der Waals surface area (Å²) in [4.78, 5) is 58.4. The van der Waals surface area contributed by atoms with E-state index >= 15 is 0 Å². The van der Waals surface area contributed by atoms with Crippen LogP contribution in [0.3, 0.4) is 0 Å². The number of nitrogens with one attached hydrogen (secondary N) is 4. The predicted octanol–water partition coefficient (Wildman–Crippen LogP) is 9.60. The van der Waals surface area contributed by atoms with Gasteiger partial charge in [-0.1, -0.05) is 24.3 Å². The molecule has 4 heterocycles. The number of nitro groups is 4. The highest BCUT2D eigenvalue weighted by atomic mass is 16.6. The number of H-pyrrole nitrogens is 4. The van der Waals surface area contributed by atoms with Crippen molar-refractivity contribution in [3.63, 3.8) is 0 Å². The van der Waals surface area contributed by atoms with Crippen molar-refractivity contribution in [3.8, 4) is 0 Å². The third-order valence-corrected chi connectivity index (χ3v) is 10.5. The van der Waals surface area contributed by atoms with Gasteiger partial charge in [0.1, 0.15) is 0 Å². The van der Waals surface area contributed by atoms with Crippen LogP contribution in [-0.2, 0) is 0 Å². The molecule has 0 saturated carbocycles. The molecule has 0 fully saturated rings. The maximum atomic E-state index is 11.8. The zero-order valence-electron chi connectivity index (χ0n) is 28.8. The van der Waals surface area contributed by atoms with Crippen LogP contribution >= 0.6 is 0 Å². The molecular weight excluding hydrogens is 720 g/mol. The molecule has 0 aliphatic rings. The van der Waals surface area contributed by atoms with Crippen molar-refractivity contribution in [2.75, 3.05) is 0 Å². The van der Waals surface area contributed by atoms with Gasteiger partial charge in [0.25, 0.3) is 22.7 Å². The minimum absolute atomic E-state index is 0.0946. The SMILES string of the molecule is O=[N+]([O-])c1ccc2[nH]cc(C(c3ccc(C(c4c[nH]c5ccc([N+](=O)[O-])cc45)c4c[nH]c5ccc([N+](=O)[O-])cc45)cc3)c3c[nH]c4ccc([N+](=O)[O-])cc34)c2c1. The second-order valence-corrected chi connectivity index (χ2v) is 13.5. The second-order valence-electron chi connectivity index (χ2n) is 13.5.